The highest BCUT2D eigenvalue weighted by Crippen LogP contribution is 2.21. The maximum Gasteiger partial charge on any atom is 0.408 e. The summed E-state index contributed by atoms with van der Waals surface area (Å²) in [4.78, 5) is 42.3. The summed E-state index contributed by atoms with van der Waals surface area (Å²) in [7, 11) is -4.12. The molecule has 0 aliphatic rings. The van der Waals surface area contributed by atoms with Crippen molar-refractivity contribution in [2.45, 2.75) is 69.3 Å². The van der Waals surface area contributed by atoms with Crippen LogP contribution in [0.15, 0.2) is 100.0 Å². The van der Waals surface area contributed by atoms with Crippen LogP contribution in [0, 0.1) is 10.8 Å². The molecule has 0 bridgehead atoms. The van der Waals surface area contributed by atoms with E-state index in [2.05, 4.69) is 15.5 Å². The van der Waals surface area contributed by atoms with Crippen LogP contribution in [0.1, 0.15) is 43.4 Å². The zero-order valence-corrected chi connectivity index (χ0v) is 29.2. The van der Waals surface area contributed by atoms with Crippen LogP contribution in [-0.2, 0) is 34.3 Å². The van der Waals surface area contributed by atoms with E-state index in [0.29, 0.717) is 11.1 Å². The molecule has 0 aliphatic carbocycles. The van der Waals surface area contributed by atoms with Gasteiger partial charge in [0.05, 0.1) is 17.0 Å². The lowest BCUT2D eigenvalue weighted by Gasteiger charge is -2.33. The van der Waals surface area contributed by atoms with E-state index >= 15 is 0 Å². The van der Waals surface area contributed by atoms with Crippen LogP contribution in [0.5, 0.6) is 0 Å². The number of amides is 2. The fraction of sp³-hybridized carbons (Fsp3) is 0.400. The van der Waals surface area contributed by atoms with Gasteiger partial charge in [-0.05, 0) is 54.0 Å². The SMILES string of the molecule is CC(C)CN(C[C@@H](O)[C@H](Cc1ccccc1)NC(=O)[C@H](CCCN=C(N)N)N(Cc1ccccc1)C(=O)O)S(=O)(=O)c1ccc(CN=O)cc1. The van der Waals surface area contributed by atoms with E-state index in [1.165, 1.54) is 28.6 Å². The van der Waals surface area contributed by atoms with Gasteiger partial charge >= 0.3 is 6.09 Å². The predicted molar refractivity (Wildman–Crippen MR) is 191 cm³/mol. The van der Waals surface area contributed by atoms with Gasteiger partial charge in [0.1, 0.15) is 12.6 Å². The van der Waals surface area contributed by atoms with Crippen molar-refractivity contribution in [1.82, 2.24) is 14.5 Å². The average molecular weight is 710 g/mol. The van der Waals surface area contributed by atoms with Crippen LogP contribution in [0.2, 0.25) is 0 Å². The van der Waals surface area contributed by atoms with Crippen molar-refractivity contribution < 1.29 is 28.2 Å². The summed E-state index contributed by atoms with van der Waals surface area (Å²) in [5, 5.41) is 27.7. The molecule has 50 heavy (non-hydrogen) atoms. The molecule has 14 nitrogen and oxygen atoms in total. The van der Waals surface area contributed by atoms with E-state index in [9.17, 15) is 33.1 Å². The Morgan fingerprint density at radius 3 is 2.02 bits per heavy atom. The first-order chi connectivity index (χ1) is 23.8. The summed E-state index contributed by atoms with van der Waals surface area (Å²) in [5.74, 6) is -0.911. The number of nitroso groups, excluding NO2 is 1. The maximum absolute atomic E-state index is 14.1. The number of aliphatic imine (C=N–C) groups is 1. The number of nitrogens with zero attached hydrogens (tertiary/aromatic N) is 4. The molecule has 0 fully saturated rings. The number of hydrogen-bond acceptors (Lipinski definition) is 8. The minimum atomic E-state index is -4.12. The number of nitrogens with two attached hydrogens (primary N) is 2. The van der Waals surface area contributed by atoms with Gasteiger partial charge in [-0.2, -0.15) is 9.21 Å². The Morgan fingerprint density at radius 1 is 0.880 bits per heavy atom. The maximum atomic E-state index is 14.1. The lowest BCUT2D eigenvalue weighted by atomic mass is 9.99. The second-order valence-corrected chi connectivity index (χ2v) is 14.3. The molecule has 0 heterocycles. The molecule has 3 aromatic carbocycles. The third-order valence-electron chi connectivity index (χ3n) is 7.91. The monoisotopic (exact) mass is 709 g/mol. The zero-order valence-electron chi connectivity index (χ0n) is 28.3. The first-order valence-corrected chi connectivity index (χ1v) is 17.7. The van der Waals surface area contributed by atoms with Crippen molar-refractivity contribution in [2.75, 3.05) is 19.6 Å². The zero-order chi connectivity index (χ0) is 36.7. The van der Waals surface area contributed by atoms with Gasteiger partial charge in [0.2, 0.25) is 15.9 Å². The number of rotatable bonds is 20. The second kappa shape index (κ2) is 19.4. The van der Waals surface area contributed by atoms with Crippen molar-refractivity contribution in [3.63, 3.8) is 0 Å². The number of aliphatic hydroxyl groups excluding tert-OH is 1. The highest BCUT2D eigenvalue weighted by molar-refractivity contribution is 7.89. The van der Waals surface area contributed by atoms with Crippen LogP contribution >= 0.6 is 0 Å². The summed E-state index contributed by atoms with van der Waals surface area (Å²) in [6.07, 6.45) is -2.24. The largest absolute Gasteiger partial charge is 0.465 e. The fourth-order valence-corrected chi connectivity index (χ4v) is 7.07. The average Bonchev–Trinajstić information content (AvgIpc) is 3.07. The van der Waals surface area contributed by atoms with Crippen molar-refractivity contribution in [1.29, 1.82) is 0 Å². The Balaban J connectivity index is 1.96. The first-order valence-electron chi connectivity index (χ1n) is 16.3. The summed E-state index contributed by atoms with van der Waals surface area (Å²) in [5.41, 5.74) is 12.9. The molecule has 15 heteroatoms. The summed E-state index contributed by atoms with van der Waals surface area (Å²) in [6.45, 7) is 3.38. The Morgan fingerprint density at radius 2 is 1.48 bits per heavy atom. The van der Waals surface area contributed by atoms with Gasteiger partial charge in [0, 0.05) is 26.2 Å². The molecule has 0 saturated heterocycles. The smallest absolute Gasteiger partial charge is 0.408 e. The molecule has 0 saturated carbocycles. The van der Waals surface area contributed by atoms with E-state index in [1.807, 2.05) is 32.0 Å². The molecule has 2 amide bonds. The number of guanidine groups is 1. The Kier molecular flexibility index (Phi) is 15.3. The normalized spacial score (nSPS) is 13.3. The van der Waals surface area contributed by atoms with Gasteiger partial charge in [-0.25, -0.2) is 13.2 Å². The van der Waals surface area contributed by atoms with Gasteiger partial charge in [-0.15, -0.1) is 0 Å². The number of carbonyl (C=O) groups is 2. The number of benzene rings is 3. The second-order valence-electron chi connectivity index (χ2n) is 12.4. The molecular formula is C35H47N7O7S. The van der Waals surface area contributed by atoms with Crippen LogP contribution in [0.25, 0.3) is 0 Å². The Hall–Kier alpha value is -4.86. The van der Waals surface area contributed by atoms with Crippen LogP contribution in [-0.4, -0.2) is 83.6 Å². The molecule has 3 atom stereocenters. The van der Waals surface area contributed by atoms with Gasteiger partial charge in [0.25, 0.3) is 0 Å². The van der Waals surface area contributed by atoms with Crippen LogP contribution in [0.3, 0.4) is 0 Å². The molecule has 270 valence electrons. The predicted octanol–water partition coefficient (Wildman–Crippen LogP) is 3.29. The molecule has 0 aliphatic heterocycles. The highest BCUT2D eigenvalue weighted by atomic mass is 32.2. The topological polar surface area (TPSA) is 221 Å². The summed E-state index contributed by atoms with van der Waals surface area (Å²) in [6, 6.07) is 21.5. The number of nitrogens with one attached hydrogen (secondary N) is 1. The molecule has 7 N–H and O–H groups in total. The quantitative estimate of drug-likeness (QED) is 0.0502. The number of hydrogen-bond donors (Lipinski definition) is 5. The number of carboxylic acid groups (broad SMARTS) is 1. The van der Waals surface area contributed by atoms with Gasteiger partial charge in [-0.1, -0.05) is 91.8 Å². The molecule has 0 unspecified atom stereocenters. The minimum absolute atomic E-state index is 0.0255. The standard InChI is InChI=1S/C35H47N7O7S/c1-25(2)22-41(50(48,49)29-17-15-27(16-18-29)21-39-47)24-32(43)30(20-26-10-5-3-6-11-26)40-33(44)31(14-9-19-38-34(36)37)42(35(45)46)23-28-12-7-4-8-13-28/h3-8,10-13,15-18,25,30-32,43H,9,14,19-24H2,1-2H3,(H,40,44)(H,45,46)(H4,36,37,38)/t30-,31-,32+/m0/s1. The third-order valence-corrected chi connectivity index (χ3v) is 9.75. The first kappa shape index (κ1) is 39.6. The Bertz CT molecular complexity index is 1650. The molecule has 0 spiro atoms. The minimum Gasteiger partial charge on any atom is -0.465 e. The van der Waals surface area contributed by atoms with Gasteiger partial charge in [0.15, 0.2) is 5.96 Å². The summed E-state index contributed by atoms with van der Waals surface area (Å²) < 4.78 is 28.9. The molecule has 0 radical (unpaired) electrons. The Labute approximate surface area is 293 Å². The van der Waals surface area contributed by atoms with E-state index in [-0.39, 0.29) is 68.8 Å². The van der Waals surface area contributed by atoms with Crippen molar-refractivity contribution in [2.24, 2.45) is 27.6 Å². The van der Waals surface area contributed by atoms with Crippen molar-refractivity contribution in [3.05, 3.63) is 107 Å². The van der Waals surface area contributed by atoms with E-state index in [4.69, 9.17) is 11.5 Å². The highest BCUT2D eigenvalue weighted by Gasteiger charge is 2.35. The van der Waals surface area contributed by atoms with Crippen molar-refractivity contribution in [3.8, 4) is 0 Å². The lowest BCUT2D eigenvalue weighted by Crippen LogP contribution is -2.56. The van der Waals surface area contributed by atoms with E-state index in [1.54, 1.807) is 42.5 Å². The van der Waals surface area contributed by atoms with Gasteiger partial charge < -0.3 is 27.0 Å². The number of carbonyl (C=O) groups excluding carboxylic acids is 1. The van der Waals surface area contributed by atoms with Gasteiger partial charge in [-0.3, -0.25) is 14.7 Å². The molecular weight excluding hydrogens is 662 g/mol. The fourth-order valence-electron chi connectivity index (χ4n) is 5.45. The van der Waals surface area contributed by atoms with Crippen molar-refractivity contribution >= 4 is 28.0 Å². The molecule has 3 aromatic rings. The van der Waals surface area contributed by atoms with Crippen LogP contribution < -0.4 is 16.8 Å². The number of aliphatic hydroxyl groups is 1. The van der Waals surface area contributed by atoms with E-state index < -0.39 is 40.2 Å². The third kappa shape index (κ3) is 12.2. The van der Waals surface area contributed by atoms with Crippen LogP contribution in [0.4, 0.5) is 4.79 Å². The lowest BCUT2D eigenvalue weighted by molar-refractivity contribution is -0.128. The number of sulfonamides is 1. The summed E-state index contributed by atoms with van der Waals surface area (Å²) >= 11 is 0. The van der Waals surface area contributed by atoms with E-state index in [0.717, 1.165) is 10.5 Å². The molecule has 0 aromatic heterocycles. The molecule has 3 rings (SSSR count).